The summed E-state index contributed by atoms with van der Waals surface area (Å²) >= 11 is 0. The molecule has 2 saturated heterocycles. The zero-order valence-electron chi connectivity index (χ0n) is 16.6. The van der Waals surface area contributed by atoms with E-state index in [1.54, 1.807) is 4.90 Å². The first kappa shape index (κ1) is 19.7. The highest BCUT2D eigenvalue weighted by Gasteiger charge is 2.55. The summed E-state index contributed by atoms with van der Waals surface area (Å²) in [5.74, 6) is -0.289. The number of ether oxygens (including phenoxy) is 1. The van der Waals surface area contributed by atoms with Gasteiger partial charge in [0.05, 0.1) is 5.41 Å². The van der Waals surface area contributed by atoms with Gasteiger partial charge >= 0.3 is 12.1 Å². The number of carbonyl (C=O) groups excluding carboxylic acids is 2. The summed E-state index contributed by atoms with van der Waals surface area (Å²) in [6.07, 6.45) is 4.12. The number of esters is 1. The maximum Gasteiger partial charge on any atom is 0.407 e. The van der Waals surface area contributed by atoms with Gasteiger partial charge in [-0.3, -0.25) is 4.79 Å². The quantitative estimate of drug-likeness (QED) is 0.768. The molecular formula is C22H28N2O5. The number of benzene rings is 1. The Kier molecular flexibility index (Phi) is 5.48. The SMILES string of the molecule is O=C(OCc1ccccc1)[C@H](C1CCCC1)N1CCC2(CCN(C(=O)O)C2)C1=O. The number of carboxylic acid groups (broad SMARTS) is 1. The molecule has 1 spiro atoms. The van der Waals surface area contributed by atoms with Crippen molar-refractivity contribution >= 4 is 18.0 Å². The average molecular weight is 400 g/mol. The topological polar surface area (TPSA) is 87.2 Å². The summed E-state index contributed by atoms with van der Waals surface area (Å²) in [6.45, 7) is 1.30. The summed E-state index contributed by atoms with van der Waals surface area (Å²) in [5.41, 5.74) is 0.248. The fourth-order valence-corrected chi connectivity index (χ4v) is 5.19. The molecule has 2 atom stereocenters. The van der Waals surface area contributed by atoms with E-state index in [9.17, 15) is 19.5 Å². The Morgan fingerprint density at radius 1 is 1.14 bits per heavy atom. The molecule has 0 aromatic heterocycles. The molecule has 29 heavy (non-hydrogen) atoms. The van der Waals surface area contributed by atoms with Crippen molar-refractivity contribution in [2.45, 2.75) is 51.2 Å². The maximum absolute atomic E-state index is 13.4. The van der Waals surface area contributed by atoms with Gasteiger partial charge in [-0.25, -0.2) is 9.59 Å². The normalized spacial score (nSPS) is 25.7. The van der Waals surface area contributed by atoms with E-state index in [1.165, 1.54) is 4.90 Å². The Hall–Kier alpha value is -2.57. The van der Waals surface area contributed by atoms with Crippen molar-refractivity contribution < 1.29 is 24.2 Å². The summed E-state index contributed by atoms with van der Waals surface area (Å²) in [7, 11) is 0. The Morgan fingerprint density at radius 3 is 2.48 bits per heavy atom. The molecule has 1 N–H and O–H groups in total. The molecule has 156 valence electrons. The Bertz CT molecular complexity index is 777. The lowest BCUT2D eigenvalue weighted by molar-refractivity contribution is -0.159. The van der Waals surface area contributed by atoms with E-state index in [0.717, 1.165) is 31.2 Å². The van der Waals surface area contributed by atoms with Crippen molar-refractivity contribution in [1.82, 2.24) is 9.80 Å². The van der Waals surface area contributed by atoms with Crippen molar-refractivity contribution in [1.29, 1.82) is 0 Å². The molecule has 1 saturated carbocycles. The summed E-state index contributed by atoms with van der Waals surface area (Å²) in [4.78, 5) is 40.8. The molecule has 1 aliphatic carbocycles. The summed E-state index contributed by atoms with van der Waals surface area (Å²) in [5, 5.41) is 9.28. The zero-order chi connectivity index (χ0) is 20.4. The number of rotatable bonds is 5. The predicted octanol–water partition coefficient (Wildman–Crippen LogP) is 2.89. The van der Waals surface area contributed by atoms with Crippen LogP contribution in [0, 0.1) is 11.3 Å². The molecule has 1 aromatic rings. The van der Waals surface area contributed by atoms with Crippen LogP contribution in [-0.4, -0.2) is 58.6 Å². The van der Waals surface area contributed by atoms with E-state index in [-0.39, 0.29) is 30.9 Å². The molecule has 1 unspecified atom stereocenters. The Labute approximate surface area is 170 Å². The van der Waals surface area contributed by atoms with Crippen molar-refractivity contribution in [2.24, 2.45) is 11.3 Å². The van der Waals surface area contributed by atoms with Crippen LogP contribution < -0.4 is 0 Å². The standard InChI is InChI=1S/C22H28N2O5/c25-19(29-14-16-6-2-1-3-7-16)18(17-8-4-5-9-17)24-13-11-22(20(24)26)10-12-23(15-22)21(27)28/h1-3,6-7,17-18H,4-5,8-15H2,(H,27,28)/t18-,22?/m0/s1. The third-order valence-corrected chi connectivity index (χ3v) is 6.82. The first-order valence-electron chi connectivity index (χ1n) is 10.5. The third-order valence-electron chi connectivity index (χ3n) is 6.82. The fourth-order valence-electron chi connectivity index (χ4n) is 5.19. The summed E-state index contributed by atoms with van der Waals surface area (Å²) < 4.78 is 5.64. The van der Waals surface area contributed by atoms with Gasteiger partial charge in [0.1, 0.15) is 12.6 Å². The molecule has 2 heterocycles. The van der Waals surface area contributed by atoms with Crippen LogP contribution in [0.15, 0.2) is 30.3 Å². The molecule has 7 nitrogen and oxygen atoms in total. The highest BCUT2D eigenvalue weighted by Crippen LogP contribution is 2.43. The maximum atomic E-state index is 13.4. The molecule has 3 fully saturated rings. The van der Waals surface area contributed by atoms with Gasteiger partial charge in [-0.1, -0.05) is 43.2 Å². The number of hydrogen-bond donors (Lipinski definition) is 1. The van der Waals surface area contributed by atoms with Crippen molar-refractivity contribution in [2.75, 3.05) is 19.6 Å². The number of amides is 2. The van der Waals surface area contributed by atoms with Gasteiger partial charge in [0, 0.05) is 19.6 Å². The zero-order valence-corrected chi connectivity index (χ0v) is 16.6. The monoisotopic (exact) mass is 400 g/mol. The molecule has 0 radical (unpaired) electrons. The van der Waals surface area contributed by atoms with Crippen LogP contribution >= 0.6 is 0 Å². The van der Waals surface area contributed by atoms with Crippen LogP contribution in [0.4, 0.5) is 4.79 Å². The fraction of sp³-hybridized carbons (Fsp3) is 0.591. The number of nitrogens with zero attached hydrogens (tertiary/aromatic N) is 2. The van der Waals surface area contributed by atoms with Gasteiger partial charge in [0.15, 0.2) is 0 Å². The van der Waals surface area contributed by atoms with Crippen LogP contribution in [-0.2, 0) is 20.9 Å². The minimum absolute atomic E-state index is 0.0742. The summed E-state index contributed by atoms with van der Waals surface area (Å²) in [6, 6.07) is 8.97. The lowest BCUT2D eigenvalue weighted by Crippen LogP contribution is -2.49. The van der Waals surface area contributed by atoms with Gasteiger partial charge in [-0.15, -0.1) is 0 Å². The van der Waals surface area contributed by atoms with E-state index in [2.05, 4.69) is 0 Å². The number of likely N-dealkylation sites (tertiary alicyclic amines) is 2. The molecule has 1 aromatic carbocycles. The molecule has 0 bridgehead atoms. The lowest BCUT2D eigenvalue weighted by atomic mass is 9.85. The van der Waals surface area contributed by atoms with E-state index in [0.29, 0.717) is 25.9 Å². The Balaban J connectivity index is 1.49. The molecule has 2 aliphatic heterocycles. The molecular weight excluding hydrogens is 372 g/mol. The van der Waals surface area contributed by atoms with Crippen molar-refractivity contribution in [3.05, 3.63) is 35.9 Å². The third kappa shape index (κ3) is 3.82. The largest absolute Gasteiger partial charge is 0.465 e. The van der Waals surface area contributed by atoms with Crippen molar-refractivity contribution in [3.63, 3.8) is 0 Å². The minimum atomic E-state index is -0.984. The van der Waals surface area contributed by atoms with Gasteiger partial charge < -0.3 is 19.6 Å². The second-order valence-corrected chi connectivity index (χ2v) is 8.57. The van der Waals surface area contributed by atoms with Crippen LogP contribution in [0.3, 0.4) is 0 Å². The number of hydrogen-bond acceptors (Lipinski definition) is 4. The van der Waals surface area contributed by atoms with Crippen LogP contribution in [0.5, 0.6) is 0 Å². The van der Waals surface area contributed by atoms with E-state index >= 15 is 0 Å². The first-order valence-corrected chi connectivity index (χ1v) is 10.5. The molecule has 7 heteroatoms. The van der Waals surface area contributed by atoms with Gasteiger partial charge in [-0.2, -0.15) is 0 Å². The van der Waals surface area contributed by atoms with Gasteiger partial charge in [0.2, 0.25) is 5.91 Å². The van der Waals surface area contributed by atoms with E-state index < -0.39 is 17.6 Å². The smallest absolute Gasteiger partial charge is 0.407 e. The molecule has 3 aliphatic rings. The van der Waals surface area contributed by atoms with Crippen molar-refractivity contribution in [3.8, 4) is 0 Å². The average Bonchev–Trinajstić information content (AvgIpc) is 3.46. The first-order chi connectivity index (χ1) is 14.0. The second kappa shape index (κ2) is 8.05. The highest BCUT2D eigenvalue weighted by atomic mass is 16.5. The van der Waals surface area contributed by atoms with Crippen LogP contribution in [0.1, 0.15) is 44.1 Å². The van der Waals surface area contributed by atoms with E-state index in [1.807, 2.05) is 30.3 Å². The highest BCUT2D eigenvalue weighted by molar-refractivity contribution is 5.91. The van der Waals surface area contributed by atoms with Crippen LogP contribution in [0.25, 0.3) is 0 Å². The Morgan fingerprint density at radius 2 is 1.83 bits per heavy atom. The van der Waals surface area contributed by atoms with Crippen LogP contribution in [0.2, 0.25) is 0 Å². The predicted molar refractivity (Wildman–Crippen MR) is 105 cm³/mol. The molecule has 2 amide bonds. The minimum Gasteiger partial charge on any atom is -0.465 e. The number of carbonyl (C=O) groups is 3. The second-order valence-electron chi connectivity index (χ2n) is 8.57. The van der Waals surface area contributed by atoms with E-state index in [4.69, 9.17) is 4.74 Å². The molecule has 4 rings (SSSR count). The van der Waals surface area contributed by atoms with Gasteiger partial charge in [0.25, 0.3) is 0 Å². The van der Waals surface area contributed by atoms with Gasteiger partial charge in [-0.05, 0) is 37.2 Å². The lowest BCUT2D eigenvalue weighted by Gasteiger charge is -2.32.